The maximum atomic E-state index is 13.0. The van der Waals surface area contributed by atoms with Crippen LogP contribution in [0.15, 0.2) is 24.3 Å². The molecule has 2 unspecified atom stereocenters. The Balaban J connectivity index is 2.10. The van der Waals surface area contributed by atoms with Crippen molar-refractivity contribution in [3.63, 3.8) is 0 Å². The zero-order valence-electron chi connectivity index (χ0n) is 10.7. The van der Waals surface area contributed by atoms with Crippen LogP contribution in [0.2, 0.25) is 0 Å². The first kappa shape index (κ1) is 14.2. The number of thioether (sulfide) groups is 2. The quantitative estimate of drug-likeness (QED) is 0.885. The molecule has 18 heavy (non-hydrogen) atoms. The Bertz CT molecular complexity index is 349. The van der Waals surface area contributed by atoms with Gasteiger partial charge < -0.3 is 5.32 Å². The molecule has 1 nitrogen and oxygen atoms in total. The molecule has 2 rings (SSSR count). The highest BCUT2D eigenvalue weighted by molar-refractivity contribution is 8.06. The Kier molecular flexibility index (Phi) is 5.86. The Morgan fingerprint density at radius 2 is 2.11 bits per heavy atom. The summed E-state index contributed by atoms with van der Waals surface area (Å²) >= 11 is 4.07. The minimum absolute atomic E-state index is 0.154. The second-order valence-electron chi connectivity index (χ2n) is 4.47. The number of benzene rings is 1. The maximum absolute atomic E-state index is 13.0. The molecule has 1 saturated heterocycles. The van der Waals surface area contributed by atoms with E-state index in [1.165, 1.54) is 22.8 Å². The van der Waals surface area contributed by atoms with Crippen LogP contribution < -0.4 is 5.32 Å². The van der Waals surface area contributed by atoms with E-state index < -0.39 is 0 Å². The van der Waals surface area contributed by atoms with Crippen LogP contribution in [0.1, 0.15) is 24.9 Å². The zero-order valence-corrected chi connectivity index (χ0v) is 12.3. The fraction of sp³-hybridized carbons (Fsp3) is 0.571. The molecule has 0 spiro atoms. The molecule has 1 aliphatic heterocycles. The van der Waals surface area contributed by atoms with E-state index in [-0.39, 0.29) is 5.82 Å². The van der Waals surface area contributed by atoms with Crippen molar-refractivity contribution >= 4 is 23.5 Å². The van der Waals surface area contributed by atoms with E-state index in [0.29, 0.717) is 11.3 Å². The van der Waals surface area contributed by atoms with Crippen LogP contribution in [-0.2, 0) is 0 Å². The summed E-state index contributed by atoms with van der Waals surface area (Å²) in [6, 6.07) is 7.32. The van der Waals surface area contributed by atoms with E-state index in [0.717, 1.165) is 13.0 Å². The number of halogens is 1. The van der Waals surface area contributed by atoms with Crippen molar-refractivity contribution in [2.45, 2.75) is 24.6 Å². The molecular formula is C14H20FNS2. The molecule has 0 saturated carbocycles. The number of hydrogen-bond donors (Lipinski definition) is 1. The Morgan fingerprint density at radius 1 is 1.33 bits per heavy atom. The van der Waals surface area contributed by atoms with Crippen LogP contribution in [0.4, 0.5) is 4.39 Å². The first-order chi connectivity index (χ1) is 8.81. The normalized spacial score (nSPS) is 21.8. The molecule has 0 amide bonds. The lowest BCUT2D eigenvalue weighted by molar-refractivity contribution is 0.528. The van der Waals surface area contributed by atoms with Crippen molar-refractivity contribution in [3.8, 4) is 0 Å². The van der Waals surface area contributed by atoms with Gasteiger partial charge in [-0.15, -0.1) is 0 Å². The van der Waals surface area contributed by atoms with Gasteiger partial charge in [0.2, 0.25) is 0 Å². The van der Waals surface area contributed by atoms with Crippen molar-refractivity contribution in [2.24, 2.45) is 0 Å². The Hall–Kier alpha value is -0.190. The summed E-state index contributed by atoms with van der Waals surface area (Å²) in [5, 5.41) is 4.22. The summed E-state index contributed by atoms with van der Waals surface area (Å²) in [7, 11) is 0. The summed E-state index contributed by atoms with van der Waals surface area (Å²) in [6.45, 7) is 3.20. The topological polar surface area (TPSA) is 12.0 Å². The Labute approximate surface area is 117 Å². The summed E-state index contributed by atoms with van der Waals surface area (Å²) in [5.41, 5.74) is 1.21. The van der Waals surface area contributed by atoms with Crippen LogP contribution in [0.3, 0.4) is 0 Å². The van der Waals surface area contributed by atoms with Crippen LogP contribution >= 0.6 is 23.5 Å². The predicted octanol–water partition coefficient (Wildman–Crippen LogP) is 3.72. The van der Waals surface area contributed by atoms with Gasteiger partial charge in [0.25, 0.3) is 0 Å². The third kappa shape index (κ3) is 3.90. The van der Waals surface area contributed by atoms with Crippen LogP contribution in [0.25, 0.3) is 0 Å². The van der Waals surface area contributed by atoms with Crippen molar-refractivity contribution in [3.05, 3.63) is 35.6 Å². The van der Waals surface area contributed by atoms with Gasteiger partial charge in [-0.3, -0.25) is 0 Å². The molecule has 0 bridgehead atoms. The largest absolute Gasteiger partial charge is 0.309 e. The third-order valence-electron chi connectivity index (χ3n) is 3.06. The average Bonchev–Trinajstić information content (AvgIpc) is 2.42. The average molecular weight is 285 g/mol. The number of nitrogens with one attached hydrogen (secondary N) is 1. The van der Waals surface area contributed by atoms with Gasteiger partial charge >= 0.3 is 0 Å². The SMILES string of the molecule is CCCNC(c1ccc(F)cc1)C1CSCCS1. The summed E-state index contributed by atoms with van der Waals surface area (Å²) in [6.07, 6.45) is 1.13. The second kappa shape index (κ2) is 7.41. The molecule has 1 N–H and O–H groups in total. The molecule has 100 valence electrons. The first-order valence-corrected chi connectivity index (χ1v) is 8.70. The molecule has 2 atom stereocenters. The van der Waals surface area contributed by atoms with Gasteiger partial charge in [-0.1, -0.05) is 19.1 Å². The highest BCUT2D eigenvalue weighted by Gasteiger charge is 2.25. The molecule has 0 radical (unpaired) electrons. The minimum Gasteiger partial charge on any atom is -0.309 e. The lowest BCUT2D eigenvalue weighted by Gasteiger charge is -2.30. The standard InChI is InChI=1S/C14H20FNS2/c1-2-7-16-14(13-10-17-8-9-18-13)11-3-5-12(15)6-4-11/h3-6,13-14,16H,2,7-10H2,1H3. The number of hydrogen-bond acceptors (Lipinski definition) is 3. The maximum Gasteiger partial charge on any atom is 0.123 e. The van der Waals surface area contributed by atoms with Gasteiger partial charge in [-0.25, -0.2) is 4.39 Å². The van der Waals surface area contributed by atoms with Crippen molar-refractivity contribution < 1.29 is 4.39 Å². The molecule has 0 aliphatic carbocycles. The van der Waals surface area contributed by atoms with Gasteiger partial charge in [0.1, 0.15) is 5.82 Å². The monoisotopic (exact) mass is 285 g/mol. The van der Waals surface area contributed by atoms with Gasteiger partial charge in [0, 0.05) is 28.6 Å². The van der Waals surface area contributed by atoms with Gasteiger partial charge in [-0.2, -0.15) is 23.5 Å². The van der Waals surface area contributed by atoms with E-state index in [2.05, 4.69) is 12.2 Å². The molecule has 4 heteroatoms. The van der Waals surface area contributed by atoms with Crippen molar-refractivity contribution in [2.75, 3.05) is 23.8 Å². The molecule has 1 aliphatic rings. The van der Waals surface area contributed by atoms with Crippen LogP contribution in [-0.4, -0.2) is 29.1 Å². The molecule has 1 heterocycles. The molecule has 1 aromatic carbocycles. The lowest BCUT2D eigenvalue weighted by Crippen LogP contribution is -2.34. The summed E-state index contributed by atoms with van der Waals surface area (Å²) < 4.78 is 13.0. The van der Waals surface area contributed by atoms with E-state index >= 15 is 0 Å². The van der Waals surface area contributed by atoms with Crippen LogP contribution in [0, 0.1) is 5.82 Å². The molecule has 0 aromatic heterocycles. The fourth-order valence-electron chi connectivity index (χ4n) is 2.13. The van der Waals surface area contributed by atoms with E-state index in [1.54, 1.807) is 12.1 Å². The highest BCUT2D eigenvalue weighted by Crippen LogP contribution is 2.33. The molecular weight excluding hydrogens is 265 g/mol. The molecule has 1 fully saturated rings. The van der Waals surface area contributed by atoms with Crippen molar-refractivity contribution in [1.82, 2.24) is 5.32 Å². The molecule has 1 aromatic rings. The predicted molar refractivity (Wildman–Crippen MR) is 81.0 cm³/mol. The van der Waals surface area contributed by atoms with E-state index in [9.17, 15) is 4.39 Å². The first-order valence-electron chi connectivity index (χ1n) is 6.49. The third-order valence-corrected chi connectivity index (χ3v) is 5.92. The zero-order chi connectivity index (χ0) is 12.8. The second-order valence-corrected chi connectivity index (χ2v) is 6.96. The van der Waals surface area contributed by atoms with Crippen LogP contribution in [0.5, 0.6) is 0 Å². The van der Waals surface area contributed by atoms with Gasteiger partial charge in [0.05, 0.1) is 0 Å². The van der Waals surface area contributed by atoms with Gasteiger partial charge in [-0.05, 0) is 30.7 Å². The van der Waals surface area contributed by atoms with E-state index in [4.69, 9.17) is 0 Å². The highest BCUT2D eigenvalue weighted by atomic mass is 32.2. The number of rotatable bonds is 5. The van der Waals surface area contributed by atoms with Gasteiger partial charge in [0.15, 0.2) is 0 Å². The summed E-state index contributed by atoms with van der Waals surface area (Å²) in [4.78, 5) is 0. The minimum atomic E-state index is -0.154. The smallest absolute Gasteiger partial charge is 0.123 e. The Morgan fingerprint density at radius 3 is 2.72 bits per heavy atom. The van der Waals surface area contributed by atoms with E-state index in [1.807, 2.05) is 35.7 Å². The lowest BCUT2D eigenvalue weighted by atomic mass is 10.0. The summed E-state index contributed by atoms with van der Waals surface area (Å²) in [5.74, 6) is 3.51. The van der Waals surface area contributed by atoms with Crippen molar-refractivity contribution in [1.29, 1.82) is 0 Å². The fourth-order valence-corrected chi connectivity index (χ4v) is 5.00.